The Balaban J connectivity index is 1.44. The number of piperidine rings is 1. The number of rotatable bonds is 4. The highest BCUT2D eigenvalue weighted by atomic mass is 16.2. The number of hydrogen-bond donors (Lipinski definition) is 1. The zero-order valence-electron chi connectivity index (χ0n) is 20.2. The van der Waals surface area contributed by atoms with Gasteiger partial charge >= 0.3 is 6.03 Å². The van der Waals surface area contributed by atoms with Crippen molar-refractivity contribution >= 4 is 40.7 Å². The second-order valence-electron chi connectivity index (χ2n) is 10.1. The Morgan fingerprint density at radius 1 is 1.03 bits per heavy atom. The zero-order chi connectivity index (χ0) is 24.5. The van der Waals surface area contributed by atoms with Gasteiger partial charge in [-0.1, -0.05) is 44.4 Å². The minimum atomic E-state index is -0.678. The van der Waals surface area contributed by atoms with E-state index in [-0.39, 0.29) is 24.1 Å². The molecule has 3 fully saturated rings. The predicted octanol–water partition coefficient (Wildman–Crippen LogP) is 3.69. The topological polar surface area (TPSA) is 91.7 Å². The van der Waals surface area contributed by atoms with Crippen molar-refractivity contribution in [1.82, 2.24) is 19.7 Å². The number of likely N-dealkylation sites (tertiary alicyclic amines) is 1. The van der Waals surface area contributed by atoms with Gasteiger partial charge in [0.2, 0.25) is 5.91 Å². The smallest absolute Gasteiger partial charge is 0.331 e. The van der Waals surface area contributed by atoms with E-state index in [1.54, 1.807) is 6.08 Å². The molecule has 3 aliphatic rings. The number of carbonyl (C=O) groups excluding carboxylic acids is 4. The van der Waals surface area contributed by atoms with Gasteiger partial charge in [-0.05, 0) is 43.7 Å². The van der Waals surface area contributed by atoms with Gasteiger partial charge in [0.15, 0.2) is 0 Å². The van der Waals surface area contributed by atoms with Crippen molar-refractivity contribution in [2.75, 3.05) is 13.1 Å². The summed E-state index contributed by atoms with van der Waals surface area (Å²) in [6, 6.07) is 6.84. The molecule has 1 aromatic heterocycles. The summed E-state index contributed by atoms with van der Waals surface area (Å²) in [5.41, 5.74) is 1.49. The van der Waals surface area contributed by atoms with Gasteiger partial charge in [-0.15, -0.1) is 0 Å². The van der Waals surface area contributed by atoms with E-state index in [1.807, 2.05) is 39.9 Å². The fourth-order valence-electron chi connectivity index (χ4n) is 5.52. The molecular formula is C27H32N4O4. The van der Waals surface area contributed by atoms with Crippen LogP contribution in [0.5, 0.6) is 0 Å². The number of barbiturate groups is 1. The van der Waals surface area contributed by atoms with Crippen LogP contribution in [-0.4, -0.2) is 57.3 Å². The number of aromatic nitrogens is 1. The second-order valence-corrected chi connectivity index (χ2v) is 10.1. The van der Waals surface area contributed by atoms with E-state index >= 15 is 0 Å². The SMILES string of the molecule is CC1CCN(C(=O)Cn2cc(/C=C3\C(=O)NC(=O)N(C4CCCCC4)C3=O)c3ccccc32)CC1. The number of urea groups is 1. The molecule has 1 aromatic carbocycles. The van der Waals surface area contributed by atoms with Crippen molar-refractivity contribution in [1.29, 1.82) is 0 Å². The molecule has 184 valence electrons. The zero-order valence-corrected chi connectivity index (χ0v) is 20.2. The average Bonchev–Trinajstić information content (AvgIpc) is 3.20. The second kappa shape index (κ2) is 9.68. The Kier molecular flexibility index (Phi) is 6.45. The van der Waals surface area contributed by atoms with Crippen molar-refractivity contribution in [2.45, 2.75) is 64.5 Å². The molecule has 35 heavy (non-hydrogen) atoms. The number of imide groups is 2. The first-order valence-electron chi connectivity index (χ1n) is 12.7. The Bertz CT molecular complexity index is 1200. The van der Waals surface area contributed by atoms with Gasteiger partial charge in [0, 0.05) is 41.8 Å². The molecule has 8 heteroatoms. The maximum Gasteiger partial charge on any atom is 0.331 e. The van der Waals surface area contributed by atoms with Crippen LogP contribution in [0.1, 0.15) is 57.4 Å². The first kappa shape index (κ1) is 23.3. The number of amides is 5. The van der Waals surface area contributed by atoms with Gasteiger partial charge < -0.3 is 9.47 Å². The van der Waals surface area contributed by atoms with Crippen LogP contribution in [0.3, 0.4) is 0 Å². The first-order chi connectivity index (χ1) is 16.9. The average molecular weight is 477 g/mol. The summed E-state index contributed by atoms with van der Waals surface area (Å²) in [5.74, 6) is -0.510. The number of benzene rings is 1. The highest BCUT2D eigenvalue weighted by Gasteiger charge is 2.40. The van der Waals surface area contributed by atoms with Crippen LogP contribution in [0.2, 0.25) is 0 Å². The Labute approximate surface area is 204 Å². The van der Waals surface area contributed by atoms with Gasteiger partial charge in [0.05, 0.1) is 0 Å². The lowest BCUT2D eigenvalue weighted by molar-refractivity contribution is -0.133. The molecule has 2 saturated heterocycles. The fourth-order valence-corrected chi connectivity index (χ4v) is 5.52. The molecule has 0 unspecified atom stereocenters. The van der Waals surface area contributed by atoms with E-state index in [1.165, 1.54) is 4.90 Å². The summed E-state index contributed by atoms with van der Waals surface area (Å²) >= 11 is 0. The van der Waals surface area contributed by atoms with Gasteiger partial charge in [0.25, 0.3) is 11.8 Å². The van der Waals surface area contributed by atoms with Crippen LogP contribution in [0, 0.1) is 5.92 Å². The van der Waals surface area contributed by atoms with Crippen molar-refractivity contribution in [3.05, 3.63) is 41.6 Å². The molecule has 0 spiro atoms. The summed E-state index contributed by atoms with van der Waals surface area (Å²) in [4.78, 5) is 54.7. The summed E-state index contributed by atoms with van der Waals surface area (Å²) in [6.07, 6.45) is 9.96. The highest BCUT2D eigenvalue weighted by molar-refractivity contribution is 6.31. The van der Waals surface area contributed by atoms with Crippen LogP contribution < -0.4 is 5.32 Å². The van der Waals surface area contributed by atoms with Crippen LogP contribution in [0.15, 0.2) is 36.0 Å². The van der Waals surface area contributed by atoms with Gasteiger partial charge in [-0.2, -0.15) is 0 Å². The molecule has 1 N–H and O–H groups in total. The molecule has 0 radical (unpaired) electrons. The third kappa shape index (κ3) is 4.61. The van der Waals surface area contributed by atoms with Crippen molar-refractivity contribution < 1.29 is 19.2 Å². The molecule has 3 heterocycles. The fraction of sp³-hybridized carbons (Fsp3) is 0.481. The molecule has 1 aliphatic carbocycles. The highest BCUT2D eigenvalue weighted by Crippen LogP contribution is 2.29. The lowest BCUT2D eigenvalue weighted by atomic mass is 9.93. The number of nitrogens with zero attached hydrogens (tertiary/aromatic N) is 3. The molecular weight excluding hydrogens is 444 g/mol. The van der Waals surface area contributed by atoms with E-state index in [4.69, 9.17) is 0 Å². The van der Waals surface area contributed by atoms with Gasteiger partial charge in [0.1, 0.15) is 12.1 Å². The number of nitrogens with one attached hydrogen (secondary N) is 1. The molecule has 8 nitrogen and oxygen atoms in total. The van der Waals surface area contributed by atoms with Crippen molar-refractivity contribution in [3.63, 3.8) is 0 Å². The summed E-state index contributed by atoms with van der Waals surface area (Å²) < 4.78 is 1.89. The van der Waals surface area contributed by atoms with E-state index < -0.39 is 17.8 Å². The minimum Gasteiger partial charge on any atom is -0.341 e. The molecule has 0 atom stereocenters. The number of para-hydroxylation sites is 1. The normalized spacial score (nSPS) is 21.7. The minimum absolute atomic E-state index is 0.0468. The largest absolute Gasteiger partial charge is 0.341 e. The molecule has 0 bridgehead atoms. The number of carbonyl (C=O) groups is 4. The molecule has 5 rings (SSSR count). The van der Waals surface area contributed by atoms with Crippen LogP contribution in [0.25, 0.3) is 17.0 Å². The number of fused-ring (bicyclic) bond motifs is 1. The van der Waals surface area contributed by atoms with Crippen LogP contribution in [0.4, 0.5) is 4.79 Å². The summed E-state index contributed by atoms with van der Waals surface area (Å²) in [7, 11) is 0. The summed E-state index contributed by atoms with van der Waals surface area (Å²) in [6.45, 7) is 3.96. The molecule has 5 amide bonds. The van der Waals surface area contributed by atoms with E-state index in [0.717, 1.165) is 68.9 Å². The maximum absolute atomic E-state index is 13.3. The van der Waals surface area contributed by atoms with Gasteiger partial charge in [-0.3, -0.25) is 24.6 Å². The molecule has 2 aromatic rings. The van der Waals surface area contributed by atoms with Crippen molar-refractivity contribution in [3.8, 4) is 0 Å². The quantitative estimate of drug-likeness (QED) is 0.538. The predicted molar refractivity (Wildman–Crippen MR) is 132 cm³/mol. The molecule has 2 aliphatic heterocycles. The van der Waals surface area contributed by atoms with E-state index in [0.29, 0.717) is 11.5 Å². The lowest BCUT2D eigenvalue weighted by Crippen LogP contribution is -2.58. The number of hydrogen-bond acceptors (Lipinski definition) is 4. The van der Waals surface area contributed by atoms with Crippen molar-refractivity contribution in [2.24, 2.45) is 5.92 Å². The Morgan fingerprint density at radius 3 is 2.49 bits per heavy atom. The monoisotopic (exact) mass is 476 g/mol. The van der Waals surface area contributed by atoms with Crippen LogP contribution >= 0.6 is 0 Å². The van der Waals surface area contributed by atoms with E-state index in [9.17, 15) is 19.2 Å². The van der Waals surface area contributed by atoms with Crippen LogP contribution in [-0.2, 0) is 20.9 Å². The summed E-state index contributed by atoms with van der Waals surface area (Å²) in [5, 5.41) is 3.20. The molecule has 1 saturated carbocycles. The maximum atomic E-state index is 13.3. The lowest BCUT2D eigenvalue weighted by Gasteiger charge is -2.35. The Morgan fingerprint density at radius 2 is 1.74 bits per heavy atom. The standard InChI is InChI=1S/C27H32N4O4/c1-18-11-13-29(14-12-18)24(32)17-30-16-19(21-9-5-6-10-23(21)30)15-22-25(33)28-27(35)31(26(22)34)20-7-3-2-4-8-20/h5-6,9-10,15-16,18,20H,2-4,7-8,11-14,17H2,1H3,(H,28,33,35)/b22-15+. The first-order valence-corrected chi connectivity index (χ1v) is 12.7. The Hall–Kier alpha value is -3.42. The van der Waals surface area contributed by atoms with Gasteiger partial charge in [-0.25, -0.2) is 4.79 Å². The third-order valence-corrected chi connectivity index (χ3v) is 7.63. The van der Waals surface area contributed by atoms with E-state index in [2.05, 4.69) is 12.2 Å². The third-order valence-electron chi connectivity index (χ3n) is 7.63.